The molecule has 4 aromatic rings. The maximum Gasteiger partial charge on any atom is 0.274 e. The third kappa shape index (κ3) is 5.06. The van der Waals surface area contributed by atoms with Crippen LogP contribution in [0.1, 0.15) is 55.8 Å². The summed E-state index contributed by atoms with van der Waals surface area (Å²) in [5.41, 5.74) is 3.98. The highest BCUT2D eigenvalue weighted by Gasteiger charge is 2.27. The van der Waals surface area contributed by atoms with E-state index in [4.69, 9.17) is 14.5 Å². The van der Waals surface area contributed by atoms with Gasteiger partial charge in [-0.2, -0.15) is 0 Å². The highest BCUT2D eigenvalue weighted by molar-refractivity contribution is 5.81. The summed E-state index contributed by atoms with van der Waals surface area (Å²) >= 11 is 0. The zero-order valence-electron chi connectivity index (χ0n) is 21.6. The Hall–Kier alpha value is -3.98. The molecule has 2 fully saturated rings. The van der Waals surface area contributed by atoms with Gasteiger partial charge in [-0.1, -0.05) is 0 Å². The van der Waals surface area contributed by atoms with Crippen molar-refractivity contribution in [2.75, 3.05) is 18.5 Å². The molecule has 0 radical (unpaired) electrons. The van der Waals surface area contributed by atoms with Crippen molar-refractivity contribution in [1.82, 2.24) is 19.1 Å². The molecule has 1 aliphatic heterocycles. The Morgan fingerprint density at radius 2 is 2.00 bits per heavy atom. The van der Waals surface area contributed by atoms with Gasteiger partial charge in [0.1, 0.15) is 23.0 Å². The summed E-state index contributed by atoms with van der Waals surface area (Å²) < 4.78 is 15.5. The molecule has 2 aliphatic rings. The Morgan fingerprint density at radius 3 is 2.76 bits per heavy atom. The number of aromatic nitrogens is 4. The number of rotatable bonds is 8. The molecule has 0 bridgehead atoms. The molecule has 9 nitrogen and oxygen atoms in total. The Kier molecular flexibility index (Phi) is 6.45. The molecule has 196 valence electrons. The number of carbonyl (C=O) groups excluding carboxylic acids is 1. The van der Waals surface area contributed by atoms with E-state index in [0.717, 1.165) is 43.3 Å². The maximum atomic E-state index is 13.5. The third-order valence-electron chi connectivity index (χ3n) is 7.20. The first-order chi connectivity index (χ1) is 18.4. The number of aryl methyl sites for hydroxylation is 1. The first kappa shape index (κ1) is 24.4. The SMILES string of the molecule is CC(=O)Cc1cc(Oc2ccc3nc(Nc4cc(C5CC5)cn([C@H]5CCCOC5)c4=O)n(C)c3c2)ccn1. The van der Waals surface area contributed by atoms with Crippen molar-refractivity contribution in [2.45, 2.75) is 51.0 Å². The molecule has 1 saturated carbocycles. The number of ether oxygens (including phenoxy) is 2. The summed E-state index contributed by atoms with van der Waals surface area (Å²) in [5.74, 6) is 2.40. The van der Waals surface area contributed by atoms with E-state index in [9.17, 15) is 9.59 Å². The molecule has 1 N–H and O–H groups in total. The van der Waals surface area contributed by atoms with Crippen molar-refractivity contribution in [2.24, 2.45) is 7.05 Å². The summed E-state index contributed by atoms with van der Waals surface area (Å²) in [6, 6.07) is 11.2. The van der Waals surface area contributed by atoms with Crippen molar-refractivity contribution < 1.29 is 14.3 Å². The highest BCUT2D eigenvalue weighted by atomic mass is 16.5. The average Bonchev–Trinajstić information content (AvgIpc) is 3.71. The van der Waals surface area contributed by atoms with E-state index in [0.29, 0.717) is 41.4 Å². The fourth-order valence-electron chi connectivity index (χ4n) is 5.04. The van der Waals surface area contributed by atoms with E-state index < -0.39 is 0 Å². The molecule has 0 amide bonds. The van der Waals surface area contributed by atoms with Crippen LogP contribution in [0.4, 0.5) is 11.6 Å². The smallest absolute Gasteiger partial charge is 0.274 e. The van der Waals surface area contributed by atoms with Gasteiger partial charge < -0.3 is 23.9 Å². The molecular formula is C29H31N5O4. The van der Waals surface area contributed by atoms with Gasteiger partial charge in [-0.3, -0.25) is 14.6 Å². The molecule has 1 saturated heterocycles. The molecule has 1 atom stereocenters. The fraction of sp³-hybridized carbons (Fsp3) is 0.379. The first-order valence-electron chi connectivity index (χ1n) is 13.1. The molecule has 4 heterocycles. The standard InChI is InChI=1S/C29H31N5O4/c1-18(35)12-21-14-24(9-10-30-21)38-23-7-8-25-27(15-23)33(2)29(31-25)32-26-13-20(19-5-6-19)16-34(28(26)36)22-4-3-11-37-17-22/h7-10,13-16,19,22H,3-6,11-12,17H2,1-2H3,(H,31,32)/t22-/m0/s1. The van der Waals surface area contributed by atoms with Crippen LogP contribution in [0.25, 0.3) is 11.0 Å². The number of carbonyl (C=O) groups is 1. The molecule has 3 aromatic heterocycles. The van der Waals surface area contributed by atoms with Gasteiger partial charge in [0.25, 0.3) is 5.56 Å². The number of ketones is 1. The number of pyridine rings is 2. The van der Waals surface area contributed by atoms with Crippen molar-refractivity contribution >= 4 is 28.5 Å². The minimum Gasteiger partial charge on any atom is -0.457 e. The van der Waals surface area contributed by atoms with Crippen molar-refractivity contribution in [3.05, 3.63) is 70.4 Å². The lowest BCUT2D eigenvalue weighted by molar-refractivity contribution is -0.116. The normalized spacial score (nSPS) is 17.5. The van der Waals surface area contributed by atoms with Crippen LogP contribution in [0, 0.1) is 0 Å². The van der Waals surface area contributed by atoms with Crippen LogP contribution in [0.5, 0.6) is 11.5 Å². The first-order valence-corrected chi connectivity index (χ1v) is 13.1. The van der Waals surface area contributed by atoms with Crippen LogP contribution < -0.4 is 15.6 Å². The van der Waals surface area contributed by atoms with Gasteiger partial charge in [-0.05, 0) is 68.4 Å². The van der Waals surface area contributed by atoms with E-state index >= 15 is 0 Å². The number of anilines is 2. The monoisotopic (exact) mass is 513 g/mol. The van der Waals surface area contributed by atoms with Gasteiger partial charge in [0, 0.05) is 44.6 Å². The van der Waals surface area contributed by atoms with Crippen LogP contribution in [0.15, 0.2) is 53.6 Å². The number of fused-ring (bicyclic) bond motifs is 1. The zero-order valence-corrected chi connectivity index (χ0v) is 21.6. The number of benzene rings is 1. The molecule has 6 rings (SSSR count). The zero-order chi connectivity index (χ0) is 26.2. The number of hydrogen-bond acceptors (Lipinski definition) is 7. The Bertz CT molecular complexity index is 1560. The lowest BCUT2D eigenvalue weighted by Gasteiger charge is -2.25. The van der Waals surface area contributed by atoms with E-state index in [-0.39, 0.29) is 23.8 Å². The molecule has 9 heteroatoms. The Labute approximate surface area is 220 Å². The average molecular weight is 514 g/mol. The minimum absolute atomic E-state index is 0.0486. The van der Waals surface area contributed by atoms with Crippen molar-refractivity contribution in [1.29, 1.82) is 0 Å². The van der Waals surface area contributed by atoms with Gasteiger partial charge in [-0.15, -0.1) is 0 Å². The molecule has 0 unspecified atom stereocenters. The van der Waals surface area contributed by atoms with Crippen LogP contribution in [0.3, 0.4) is 0 Å². The quantitative estimate of drug-likeness (QED) is 0.353. The predicted octanol–water partition coefficient (Wildman–Crippen LogP) is 5.03. The maximum absolute atomic E-state index is 13.5. The molecular weight excluding hydrogens is 482 g/mol. The molecule has 38 heavy (non-hydrogen) atoms. The fourth-order valence-corrected chi connectivity index (χ4v) is 5.04. The summed E-state index contributed by atoms with van der Waals surface area (Å²) in [5, 5.41) is 3.32. The Morgan fingerprint density at radius 1 is 1.16 bits per heavy atom. The number of imidazole rings is 1. The summed E-state index contributed by atoms with van der Waals surface area (Å²) in [7, 11) is 1.91. The second-order valence-corrected chi connectivity index (χ2v) is 10.3. The van der Waals surface area contributed by atoms with Gasteiger partial charge >= 0.3 is 0 Å². The van der Waals surface area contributed by atoms with Gasteiger partial charge in [0.05, 0.1) is 29.4 Å². The number of nitrogens with one attached hydrogen (secondary N) is 1. The van der Waals surface area contributed by atoms with E-state index in [1.165, 1.54) is 5.56 Å². The van der Waals surface area contributed by atoms with E-state index in [1.54, 1.807) is 25.3 Å². The van der Waals surface area contributed by atoms with Gasteiger partial charge in [0.2, 0.25) is 5.95 Å². The number of Topliss-reactive ketones (excluding diaryl/α,β-unsaturated/α-hetero) is 1. The van der Waals surface area contributed by atoms with Gasteiger partial charge in [-0.25, -0.2) is 4.98 Å². The summed E-state index contributed by atoms with van der Waals surface area (Å²) in [6.07, 6.45) is 8.15. The second-order valence-electron chi connectivity index (χ2n) is 10.3. The summed E-state index contributed by atoms with van der Waals surface area (Å²) in [4.78, 5) is 33.9. The van der Waals surface area contributed by atoms with Crippen molar-refractivity contribution in [3.63, 3.8) is 0 Å². The molecule has 1 aromatic carbocycles. The summed E-state index contributed by atoms with van der Waals surface area (Å²) in [6.45, 7) is 2.86. The number of hydrogen-bond donors (Lipinski definition) is 1. The third-order valence-corrected chi connectivity index (χ3v) is 7.20. The lowest BCUT2D eigenvalue weighted by atomic mass is 10.1. The second kappa shape index (κ2) is 10.1. The van der Waals surface area contributed by atoms with Crippen LogP contribution in [-0.4, -0.2) is 38.1 Å². The minimum atomic E-state index is -0.0555. The van der Waals surface area contributed by atoms with Crippen LogP contribution in [-0.2, 0) is 23.0 Å². The molecule has 1 aliphatic carbocycles. The van der Waals surface area contributed by atoms with E-state index in [2.05, 4.69) is 10.3 Å². The van der Waals surface area contributed by atoms with Crippen molar-refractivity contribution in [3.8, 4) is 11.5 Å². The number of nitrogens with zero attached hydrogens (tertiary/aromatic N) is 4. The topological polar surface area (TPSA) is 100 Å². The van der Waals surface area contributed by atoms with E-state index in [1.807, 2.05) is 46.6 Å². The molecule has 0 spiro atoms. The van der Waals surface area contributed by atoms with Crippen LogP contribution >= 0.6 is 0 Å². The lowest BCUT2D eigenvalue weighted by Crippen LogP contribution is -2.31. The van der Waals surface area contributed by atoms with Crippen LogP contribution in [0.2, 0.25) is 0 Å². The Balaban J connectivity index is 1.29. The van der Waals surface area contributed by atoms with Gasteiger partial charge in [0.15, 0.2) is 0 Å². The predicted molar refractivity (Wildman–Crippen MR) is 144 cm³/mol. The largest absolute Gasteiger partial charge is 0.457 e. The highest BCUT2D eigenvalue weighted by Crippen LogP contribution is 2.41.